The summed E-state index contributed by atoms with van der Waals surface area (Å²) >= 11 is 0. The van der Waals surface area contributed by atoms with E-state index in [9.17, 15) is 18.0 Å². The molecule has 3 heterocycles. The molecule has 9 heteroatoms. The number of piperazine rings is 1. The summed E-state index contributed by atoms with van der Waals surface area (Å²) in [5.41, 5.74) is -0.803. The highest BCUT2D eigenvalue weighted by molar-refractivity contribution is 6.05. The van der Waals surface area contributed by atoms with Crippen LogP contribution < -0.4 is 15.1 Å². The maximum atomic E-state index is 12.9. The van der Waals surface area contributed by atoms with Crippen molar-refractivity contribution in [1.29, 1.82) is 0 Å². The fourth-order valence-electron chi connectivity index (χ4n) is 2.83. The van der Waals surface area contributed by atoms with Crippen LogP contribution in [-0.2, 0) is 11.0 Å². The Labute approximate surface area is 124 Å². The summed E-state index contributed by atoms with van der Waals surface area (Å²) in [6, 6.07) is 0.422. The van der Waals surface area contributed by atoms with E-state index in [-0.39, 0.29) is 24.7 Å². The highest BCUT2D eigenvalue weighted by Gasteiger charge is 2.42. The van der Waals surface area contributed by atoms with Crippen molar-refractivity contribution in [1.82, 2.24) is 10.3 Å². The van der Waals surface area contributed by atoms with Crippen LogP contribution in [0, 0.1) is 0 Å². The van der Waals surface area contributed by atoms with Gasteiger partial charge in [0.15, 0.2) is 5.82 Å². The summed E-state index contributed by atoms with van der Waals surface area (Å²) in [5.74, 6) is 0.0300. The minimum atomic E-state index is -4.53. The number of carbonyl (C=O) groups excluding carboxylic acids is 1. The van der Waals surface area contributed by atoms with Gasteiger partial charge in [-0.2, -0.15) is 13.2 Å². The molecule has 1 aromatic rings. The van der Waals surface area contributed by atoms with E-state index >= 15 is 0 Å². The highest BCUT2D eigenvalue weighted by atomic mass is 19.4. The highest BCUT2D eigenvalue weighted by Crippen LogP contribution is 2.39. The van der Waals surface area contributed by atoms with Crippen molar-refractivity contribution in [2.75, 3.05) is 42.6 Å². The van der Waals surface area contributed by atoms with Crippen molar-refractivity contribution in [3.8, 4) is 0 Å². The first-order chi connectivity index (χ1) is 10.4. The summed E-state index contributed by atoms with van der Waals surface area (Å²) in [4.78, 5) is 19.3. The van der Waals surface area contributed by atoms with Gasteiger partial charge in [-0.05, 0) is 6.07 Å². The Morgan fingerprint density at radius 1 is 1.45 bits per heavy atom. The number of pyridine rings is 1. The molecule has 1 saturated heterocycles. The number of alkyl halides is 3. The number of anilines is 2. The Morgan fingerprint density at radius 3 is 2.91 bits per heavy atom. The van der Waals surface area contributed by atoms with Crippen LogP contribution in [0.15, 0.2) is 12.3 Å². The number of aliphatic hydroxyl groups is 1. The number of aromatic nitrogens is 1. The van der Waals surface area contributed by atoms with Crippen molar-refractivity contribution in [2.24, 2.45) is 0 Å². The molecule has 120 valence electrons. The van der Waals surface area contributed by atoms with Crippen LogP contribution in [0.5, 0.6) is 0 Å². The first kappa shape index (κ1) is 15.0. The smallest absolute Gasteiger partial charge is 0.395 e. The first-order valence-electron chi connectivity index (χ1n) is 6.90. The number of nitrogens with zero attached hydrogens (tertiary/aromatic N) is 3. The lowest BCUT2D eigenvalue weighted by molar-refractivity contribution is -0.137. The largest absolute Gasteiger partial charge is 0.417 e. The minimum absolute atomic E-state index is 0.0564. The minimum Gasteiger partial charge on any atom is -0.395 e. The van der Waals surface area contributed by atoms with E-state index in [0.717, 1.165) is 12.3 Å². The Hall–Kier alpha value is -1.87. The molecule has 1 amide bonds. The van der Waals surface area contributed by atoms with Crippen LogP contribution in [-0.4, -0.2) is 54.8 Å². The predicted octanol–water partition coefficient (Wildman–Crippen LogP) is 0.217. The topological polar surface area (TPSA) is 68.7 Å². The third kappa shape index (κ3) is 2.40. The lowest BCUT2D eigenvalue weighted by atomic mass is 10.1. The van der Waals surface area contributed by atoms with Gasteiger partial charge in [0, 0.05) is 32.4 Å². The van der Waals surface area contributed by atoms with Crippen molar-refractivity contribution >= 4 is 17.4 Å². The molecule has 2 aliphatic heterocycles. The van der Waals surface area contributed by atoms with Gasteiger partial charge in [0.1, 0.15) is 6.04 Å². The average Bonchev–Trinajstić information content (AvgIpc) is 2.50. The van der Waals surface area contributed by atoms with Crippen LogP contribution in [0.1, 0.15) is 5.56 Å². The van der Waals surface area contributed by atoms with Gasteiger partial charge in [0.25, 0.3) is 5.91 Å². The van der Waals surface area contributed by atoms with Gasteiger partial charge in [-0.15, -0.1) is 0 Å². The fourth-order valence-corrected chi connectivity index (χ4v) is 2.83. The number of fused-ring (bicyclic) bond motifs is 3. The number of β-amino-alcohol motifs (C(OH)–C–C–N with tert-alkyl or cyclic N) is 1. The molecular weight excluding hydrogens is 301 g/mol. The van der Waals surface area contributed by atoms with Gasteiger partial charge >= 0.3 is 6.18 Å². The molecule has 0 aromatic carbocycles. The quantitative estimate of drug-likeness (QED) is 0.817. The molecule has 1 atom stereocenters. The van der Waals surface area contributed by atoms with Crippen LogP contribution in [0.2, 0.25) is 0 Å². The van der Waals surface area contributed by atoms with Gasteiger partial charge in [-0.1, -0.05) is 0 Å². The summed E-state index contributed by atoms with van der Waals surface area (Å²) < 4.78 is 38.7. The van der Waals surface area contributed by atoms with E-state index in [1.807, 2.05) is 0 Å². The maximum absolute atomic E-state index is 12.9. The summed E-state index contributed by atoms with van der Waals surface area (Å²) in [7, 11) is 0. The number of nitrogens with one attached hydrogen (secondary N) is 1. The van der Waals surface area contributed by atoms with Gasteiger partial charge < -0.3 is 20.2 Å². The van der Waals surface area contributed by atoms with E-state index in [4.69, 9.17) is 5.11 Å². The molecule has 0 bridgehead atoms. The molecule has 6 nitrogen and oxygen atoms in total. The lowest BCUT2D eigenvalue weighted by Crippen LogP contribution is -2.62. The molecule has 0 saturated carbocycles. The Balaban J connectivity index is 2.10. The summed E-state index contributed by atoms with van der Waals surface area (Å²) in [6.45, 7) is 1.14. The molecule has 1 fully saturated rings. The number of halogens is 3. The molecule has 0 spiro atoms. The van der Waals surface area contributed by atoms with Crippen LogP contribution in [0.4, 0.5) is 24.7 Å². The van der Waals surface area contributed by atoms with Crippen LogP contribution in [0.3, 0.4) is 0 Å². The molecule has 2 N–H and O–H groups in total. The van der Waals surface area contributed by atoms with Crippen LogP contribution >= 0.6 is 0 Å². The van der Waals surface area contributed by atoms with Crippen molar-refractivity contribution < 1.29 is 23.1 Å². The van der Waals surface area contributed by atoms with Crippen LogP contribution in [0.25, 0.3) is 0 Å². The second-order valence-electron chi connectivity index (χ2n) is 5.19. The van der Waals surface area contributed by atoms with E-state index in [1.54, 1.807) is 4.90 Å². The van der Waals surface area contributed by atoms with Gasteiger partial charge in [-0.3, -0.25) is 4.79 Å². The molecule has 2 aliphatic rings. The zero-order valence-corrected chi connectivity index (χ0v) is 11.6. The standard InChI is InChI=1S/C13H15F3N4O2/c14-13(15,16)8-5-9-11(18-6-8)19-2-1-17-7-10(19)12(22)20(9)3-4-21/h5-6,10,17,21H,1-4,7H2/t10-/m0/s1. The SMILES string of the molecule is O=C1[C@@H]2CNCCN2c2ncc(C(F)(F)F)cc2N1CCO. The number of carbonyl (C=O) groups is 1. The molecule has 0 unspecified atom stereocenters. The summed E-state index contributed by atoms with van der Waals surface area (Å²) in [6.07, 6.45) is -3.75. The maximum Gasteiger partial charge on any atom is 0.417 e. The zero-order chi connectivity index (χ0) is 15.9. The monoisotopic (exact) mass is 316 g/mol. The Kier molecular flexibility index (Phi) is 3.69. The Bertz CT molecular complexity index is 593. The van der Waals surface area contributed by atoms with Crippen molar-refractivity contribution in [3.63, 3.8) is 0 Å². The van der Waals surface area contributed by atoms with Crippen molar-refractivity contribution in [2.45, 2.75) is 12.2 Å². The molecule has 0 radical (unpaired) electrons. The second kappa shape index (κ2) is 5.40. The third-order valence-electron chi connectivity index (χ3n) is 3.86. The number of rotatable bonds is 2. The number of hydrogen-bond acceptors (Lipinski definition) is 5. The zero-order valence-electron chi connectivity index (χ0n) is 11.6. The number of aliphatic hydroxyl groups excluding tert-OH is 1. The predicted molar refractivity (Wildman–Crippen MR) is 72.7 cm³/mol. The lowest BCUT2D eigenvalue weighted by Gasteiger charge is -2.44. The van der Waals surface area contributed by atoms with Gasteiger partial charge in [0.05, 0.1) is 17.9 Å². The van der Waals surface area contributed by atoms with Crippen molar-refractivity contribution in [3.05, 3.63) is 17.8 Å². The van der Waals surface area contributed by atoms with E-state index in [1.165, 1.54) is 4.90 Å². The third-order valence-corrected chi connectivity index (χ3v) is 3.86. The van der Waals surface area contributed by atoms with E-state index in [2.05, 4.69) is 10.3 Å². The average molecular weight is 316 g/mol. The first-order valence-corrected chi connectivity index (χ1v) is 6.90. The number of amides is 1. The second-order valence-corrected chi connectivity index (χ2v) is 5.19. The fraction of sp³-hybridized carbons (Fsp3) is 0.538. The normalized spacial score (nSPS) is 21.6. The molecule has 22 heavy (non-hydrogen) atoms. The molecule has 1 aromatic heterocycles. The Morgan fingerprint density at radius 2 is 2.23 bits per heavy atom. The van der Waals surface area contributed by atoms with Gasteiger partial charge in [-0.25, -0.2) is 4.98 Å². The molecular formula is C13H15F3N4O2. The molecule has 0 aliphatic carbocycles. The van der Waals surface area contributed by atoms with E-state index in [0.29, 0.717) is 25.5 Å². The molecule has 3 rings (SSSR count). The van der Waals surface area contributed by atoms with E-state index < -0.39 is 17.8 Å². The van der Waals surface area contributed by atoms with Gasteiger partial charge in [0.2, 0.25) is 0 Å². The number of hydrogen-bond donors (Lipinski definition) is 2. The summed E-state index contributed by atoms with van der Waals surface area (Å²) in [5, 5.41) is 12.2.